The lowest BCUT2D eigenvalue weighted by atomic mass is 10.2. The standard InChI is InChI=1S/C20H17FN2O2/c21-16-10-4-5-11-17(16)22-14-20(24)23-18-12-6-7-13-19(18)25-15-8-2-1-3-9-15/h1-13,22H,14H2,(H,23,24). The Kier molecular flexibility index (Phi) is 5.26. The van der Waals surface area contributed by atoms with E-state index in [1.807, 2.05) is 36.4 Å². The number of para-hydroxylation sites is 4. The van der Waals surface area contributed by atoms with E-state index in [0.717, 1.165) is 0 Å². The number of hydrogen-bond acceptors (Lipinski definition) is 3. The molecular formula is C20H17FN2O2. The fourth-order valence-corrected chi connectivity index (χ4v) is 2.25. The molecule has 0 aliphatic heterocycles. The maximum absolute atomic E-state index is 13.6. The van der Waals surface area contributed by atoms with Gasteiger partial charge in [0.25, 0.3) is 0 Å². The molecule has 3 rings (SSSR count). The fraction of sp³-hybridized carbons (Fsp3) is 0.0500. The monoisotopic (exact) mass is 336 g/mol. The Morgan fingerprint density at radius 3 is 2.24 bits per heavy atom. The lowest BCUT2D eigenvalue weighted by molar-refractivity contribution is -0.114. The minimum absolute atomic E-state index is 0.0550. The zero-order chi connectivity index (χ0) is 17.5. The van der Waals surface area contributed by atoms with Crippen LogP contribution < -0.4 is 15.4 Å². The number of halogens is 1. The van der Waals surface area contributed by atoms with Gasteiger partial charge in [-0.05, 0) is 36.4 Å². The first kappa shape index (κ1) is 16.5. The Morgan fingerprint density at radius 2 is 1.48 bits per heavy atom. The van der Waals surface area contributed by atoms with Gasteiger partial charge in [-0.1, -0.05) is 42.5 Å². The minimum Gasteiger partial charge on any atom is -0.455 e. The first-order chi connectivity index (χ1) is 12.2. The molecule has 0 spiro atoms. The first-order valence-electron chi connectivity index (χ1n) is 7.82. The third-order valence-corrected chi connectivity index (χ3v) is 3.45. The second kappa shape index (κ2) is 7.97. The van der Waals surface area contributed by atoms with Gasteiger partial charge in [-0.3, -0.25) is 4.79 Å². The van der Waals surface area contributed by atoms with E-state index in [0.29, 0.717) is 17.2 Å². The predicted molar refractivity (Wildman–Crippen MR) is 96.5 cm³/mol. The van der Waals surface area contributed by atoms with Crippen LogP contribution in [-0.4, -0.2) is 12.5 Å². The van der Waals surface area contributed by atoms with Gasteiger partial charge in [0.2, 0.25) is 5.91 Å². The molecule has 0 atom stereocenters. The number of amides is 1. The van der Waals surface area contributed by atoms with Gasteiger partial charge < -0.3 is 15.4 Å². The number of ether oxygens (including phenoxy) is 1. The van der Waals surface area contributed by atoms with Crippen molar-refractivity contribution >= 4 is 17.3 Å². The van der Waals surface area contributed by atoms with Gasteiger partial charge >= 0.3 is 0 Å². The van der Waals surface area contributed by atoms with Crippen LogP contribution in [0.1, 0.15) is 0 Å². The van der Waals surface area contributed by atoms with Crippen molar-refractivity contribution in [3.05, 3.63) is 84.7 Å². The quantitative estimate of drug-likeness (QED) is 0.688. The summed E-state index contributed by atoms with van der Waals surface area (Å²) in [6, 6.07) is 22.7. The molecule has 0 aromatic heterocycles. The Bertz CT molecular complexity index is 853. The molecule has 0 bridgehead atoms. The van der Waals surface area contributed by atoms with Gasteiger partial charge in [0.1, 0.15) is 11.6 Å². The van der Waals surface area contributed by atoms with Crippen molar-refractivity contribution < 1.29 is 13.9 Å². The molecule has 5 heteroatoms. The highest BCUT2D eigenvalue weighted by Gasteiger charge is 2.09. The third kappa shape index (κ3) is 4.57. The van der Waals surface area contributed by atoms with Crippen molar-refractivity contribution in [2.24, 2.45) is 0 Å². The molecule has 0 heterocycles. The maximum atomic E-state index is 13.6. The van der Waals surface area contributed by atoms with Crippen LogP contribution in [0.3, 0.4) is 0 Å². The molecule has 25 heavy (non-hydrogen) atoms. The molecular weight excluding hydrogens is 319 g/mol. The Hall–Kier alpha value is -3.34. The van der Waals surface area contributed by atoms with Crippen LogP contribution in [0.15, 0.2) is 78.9 Å². The highest BCUT2D eigenvalue weighted by atomic mass is 19.1. The molecule has 3 aromatic carbocycles. The SMILES string of the molecule is O=C(CNc1ccccc1F)Nc1ccccc1Oc1ccccc1. The fourth-order valence-electron chi connectivity index (χ4n) is 2.25. The largest absolute Gasteiger partial charge is 0.455 e. The molecule has 0 saturated heterocycles. The van der Waals surface area contributed by atoms with Crippen LogP contribution in [0, 0.1) is 5.82 Å². The van der Waals surface area contributed by atoms with Crippen molar-refractivity contribution in [1.29, 1.82) is 0 Å². The van der Waals surface area contributed by atoms with E-state index in [9.17, 15) is 9.18 Å². The molecule has 126 valence electrons. The lowest BCUT2D eigenvalue weighted by Gasteiger charge is -2.13. The Morgan fingerprint density at radius 1 is 0.840 bits per heavy atom. The zero-order valence-electron chi connectivity index (χ0n) is 13.4. The summed E-state index contributed by atoms with van der Waals surface area (Å²) in [7, 11) is 0. The highest BCUT2D eigenvalue weighted by Crippen LogP contribution is 2.29. The average molecular weight is 336 g/mol. The summed E-state index contributed by atoms with van der Waals surface area (Å²) in [5.41, 5.74) is 0.832. The molecule has 0 radical (unpaired) electrons. The van der Waals surface area contributed by atoms with E-state index >= 15 is 0 Å². The van der Waals surface area contributed by atoms with Crippen LogP contribution in [0.2, 0.25) is 0 Å². The number of anilines is 2. The van der Waals surface area contributed by atoms with Crippen LogP contribution in [-0.2, 0) is 4.79 Å². The van der Waals surface area contributed by atoms with Crippen LogP contribution in [0.5, 0.6) is 11.5 Å². The molecule has 0 unspecified atom stereocenters. The van der Waals surface area contributed by atoms with Gasteiger partial charge in [0.15, 0.2) is 5.75 Å². The highest BCUT2D eigenvalue weighted by molar-refractivity contribution is 5.95. The average Bonchev–Trinajstić information content (AvgIpc) is 2.64. The van der Waals surface area contributed by atoms with E-state index in [-0.39, 0.29) is 18.1 Å². The molecule has 4 nitrogen and oxygen atoms in total. The van der Waals surface area contributed by atoms with E-state index in [2.05, 4.69) is 10.6 Å². The normalized spacial score (nSPS) is 10.1. The van der Waals surface area contributed by atoms with Gasteiger partial charge in [-0.25, -0.2) is 4.39 Å². The Labute approximate surface area is 145 Å². The van der Waals surface area contributed by atoms with Gasteiger partial charge in [-0.15, -0.1) is 0 Å². The molecule has 0 aliphatic carbocycles. The smallest absolute Gasteiger partial charge is 0.243 e. The second-order valence-corrected chi connectivity index (χ2v) is 5.29. The van der Waals surface area contributed by atoms with Gasteiger partial charge in [-0.2, -0.15) is 0 Å². The van der Waals surface area contributed by atoms with E-state index in [1.165, 1.54) is 6.07 Å². The van der Waals surface area contributed by atoms with Crippen molar-refractivity contribution in [2.75, 3.05) is 17.2 Å². The molecule has 3 aromatic rings. The molecule has 0 fully saturated rings. The summed E-state index contributed by atoms with van der Waals surface area (Å²) >= 11 is 0. The number of benzene rings is 3. The maximum Gasteiger partial charge on any atom is 0.243 e. The summed E-state index contributed by atoms with van der Waals surface area (Å²) in [5.74, 6) is 0.511. The van der Waals surface area contributed by atoms with Crippen molar-refractivity contribution in [2.45, 2.75) is 0 Å². The summed E-state index contributed by atoms with van der Waals surface area (Å²) in [6.45, 7) is -0.0550. The van der Waals surface area contributed by atoms with Crippen LogP contribution in [0.25, 0.3) is 0 Å². The van der Waals surface area contributed by atoms with E-state index < -0.39 is 5.82 Å². The number of carbonyl (C=O) groups excluding carboxylic acids is 1. The lowest BCUT2D eigenvalue weighted by Crippen LogP contribution is -2.22. The predicted octanol–water partition coefficient (Wildman–Crippen LogP) is 4.67. The van der Waals surface area contributed by atoms with Crippen molar-refractivity contribution in [3.63, 3.8) is 0 Å². The minimum atomic E-state index is -0.400. The summed E-state index contributed by atoms with van der Waals surface area (Å²) in [6.07, 6.45) is 0. The van der Waals surface area contributed by atoms with E-state index in [1.54, 1.807) is 36.4 Å². The van der Waals surface area contributed by atoms with Crippen molar-refractivity contribution in [3.8, 4) is 11.5 Å². The summed E-state index contributed by atoms with van der Waals surface area (Å²) in [5, 5.41) is 5.55. The van der Waals surface area contributed by atoms with Crippen LogP contribution >= 0.6 is 0 Å². The van der Waals surface area contributed by atoms with Crippen LogP contribution in [0.4, 0.5) is 15.8 Å². The summed E-state index contributed by atoms with van der Waals surface area (Å²) in [4.78, 5) is 12.2. The van der Waals surface area contributed by atoms with Gasteiger partial charge in [0, 0.05) is 0 Å². The second-order valence-electron chi connectivity index (χ2n) is 5.29. The van der Waals surface area contributed by atoms with E-state index in [4.69, 9.17) is 4.74 Å². The van der Waals surface area contributed by atoms with Crippen molar-refractivity contribution in [1.82, 2.24) is 0 Å². The Balaban J connectivity index is 1.64. The first-order valence-corrected chi connectivity index (χ1v) is 7.82. The molecule has 0 saturated carbocycles. The topological polar surface area (TPSA) is 50.4 Å². The molecule has 0 aliphatic rings. The summed E-state index contributed by atoms with van der Waals surface area (Å²) < 4.78 is 19.4. The third-order valence-electron chi connectivity index (χ3n) is 3.45. The zero-order valence-corrected chi connectivity index (χ0v) is 13.4. The molecule has 1 amide bonds. The number of hydrogen-bond donors (Lipinski definition) is 2. The molecule has 2 N–H and O–H groups in total. The number of rotatable bonds is 6. The number of carbonyl (C=O) groups is 1. The van der Waals surface area contributed by atoms with Gasteiger partial charge in [0.05, 0.1) is 17.9 Å². The number of nitrogens with one attached hydrogen (secondary N) is 2.